The van der Waals surface area contributed by atoms with Gasteiger partial charge < -0.3 is 4.90 Å². The molecule has 18 heavy (non-hydrogen) atoms. The van der Waals surface area contributed by atoms with Crippen LogP contribution in [0.4, 0.5) is 0 Å². The number of nitrogens with two attached hydrogens (primary N) is 1. The third-order valence-corrected chi connectivity index (χ3v) is 4.13. The molecule has 0 aliphatic carbocycles. The molecule has 0 atom stereocenters. The molecule has 1 aliphatic heterocycles. The zero-order valence-corrected chi connectivity index (χ0v) is 11.2. The van der Waals surface area contributed by atoms with E-state index in [9.17, 15) is 13.2 Å². The molecular formula is C11H13ClN2O3S. The lowest BCUT2D eigenvalue weighted by atomic mass is 10.2. The summed E-state index contributed by atoms with van der Waals surface area (Å²) in [5, 5.41) is 5.27. The molecular weight excluding hydrogens is 276 g/mol. The van der Waals surface area contributed by atoms with Crippen LogP contribution in [0.3, 0.4) is 0 Å². The molecule has 1 aromatic carbocycles. The maximum atomic E-state index is 12.2. The maximum Gasteiger partial charge on any atom is 0.255 e. The zero-order valence-electron chi connectivity index (χ0n) is 9.60. The van der Waals surface area contributed by atoms with Crippen LogP contribution in [-0.2, 0) is 10.0 Å². The number of carbonyl (C=O) groups is 1. The molecule has 0 unspecified atom stereocenters. The summed E-state index contributed by atoms with van der Waals surface area (Å²) in [6.07, 6.45) is 1.91. The predicted molar refractivity (Wildman–Crippen MR) is 68.0 cm³/mol. The molecule has 1 aliphatic rings. The van der Waals surface area contributed by atoms with Crippen molar-refractivity contribution in [1.29, 1.82) is 0 Å². The van der Waals surface area contributed by atoms with Gasteiger partial charge in [0.1, 0.15) is 0 Å². The molecule has 1 saturated heterocycles. The highest BCUT2D eigenvalue weighted by molar-refractivity contribution is 7.89. The minimum Gasteiger partial charge on any atom is -0.339 e. The molecule has 0 radical (unpaired) electrons. The molecule has 2 rings (SSSR count). The summed E-state index contributed by atoms with van der Waals surface area (Å²) in [5.41, 5.74) is 0.185. The molecule has 1 fully saturated rings. The first-order chi connectivity index (χ1) is 8.39. The van der Waals surface area contributed by atoms with Crippen molar-refractivity contribution >= 4 is 27.5 Å². The maximum absolute atomic E-state index is 12.2. The third kappa shape index (κ3) is 2.66. The summed E-state index contributed by atoms with van der Waals surface area (Å²) in [4.78, 5) is 13.7. The van der Waals surface area contributed by atoms with Crippen LogP contribution in [0.1, 0.15) is 23.2 Å². The molecule has 1 aromatic rings. The van der Waals surface area contributed by atoms with Gasteiger partial charge in [0.25, 0.3) is 5.91 Å². The second kappa shape index (κ2) is 4.87. The molecule has 1 heterocycles. The van der Waals surface area contributed by atoms with E-state index >= 15 is 0 Å². The number of hydrogen-bond donors (Lipinski definition) is 1. The molecule has 0 spiro atoms. The minimum absolute atomic E-state index is 0.102. The van der Waals surface area contributed by atoms with Gasteiger partial charge >= 0.3 is 0 Å². The van der Waals surface area contributed by atoms with Gasteiger partial charge in [-0.05, 0) is 31.0 Å². The summed E-state index contributed by atoms with van der Waals surface area (Å²) in [7, 11) is -3.83. The first-order valence-corrected chi connectivity index (χ1v) is 7.43. The summed E-state index contributed by atoms with van der Waals surface area (Å²) < 4.78 is 22.5. The lowest BCUT2D eigenvalue weighted by molar-refractivity contribution is 0.0793. The van der Waals surface area contributed by atoms with Crippen molar-refractivity contribution in [3.8, 4) is 0 Å². The second-order valence-corrected chi connectivity index (χ2v) is 6.15. The Morgan fingerprint density at radius 1 is 1.28 bits per heavy atom. The molecule has 98 valence electrons. The van der Waals surface area contributed by atoms with E-state index in [1.165, 1.54) is 18.2 Å². The number of rotatable bonds is 2. The topological polar surface area (TPSA) is 80.5 Å². The van der Waals surface area contributed by atoms with Crippen LogP contribution >= 0.6 is 11.6 Å². The lowest BCUT2D eigenvalue weighted by Crippen LogP contribution is -2.28. The van der Waals surface area contributed by atoms with E-state index in [-0.39, 0.29) is 21.4 Å². The molecule has 7 heteroatoms. The van der Waals surface area contributed by atoms with Crippen LogP contribution in [-0.4, -0.2) is 32.3 Å². The monoisotopic (exact) mass is 288 g/mol. The van der Waals surface area contributed by atoms with Gasteiger partial charge in [-0.25, -0.2) is 13.6 Å². The number of amides is 1. The number of likely N-dealkylation sites (tertiary alicyclic amines) is 1. The number of hydrogen-bond acceptors (Lipinski definition) is 3. The lowest BCUT2D eigenvalue weighted by Gasteiger charge is -2.16. The summed E-state index contributed by atoms with van der Waals surface area (Å²) in [6.45, 7) is 1.35. The van der Waals surface area contributed by atoms with E-state index in [2.05, 4.69) is 0 Å². The van der Waals surface area contributed by atoms with Crippen LogP contribution in [0.25, 0.3) is 0 Å². The van der Waals surface area contributed by atoms with E-state index in [4.69, 9.17) is 16.7 Å². The minimum atomic E-state index is -3.83. The highest BCUT2D eigenvalue weighted by Gasteiger charge is 2.23. The average Bonchev–Trinajstić information content (AvgIpc) is 2.80. The Morgan fingerprint density at radius 3 is 2.44 bits per heavy atom. The number of halogens is 1. The first kappa shape index (κ1) is 13.3. The Bertz CT molecular complexity index is 580. The van der Waals surface area contributed by atoms with Crippen molar-refractivity contribution in [1.82, 2.24) is 4.90 Å². The Kier molecular flexibility index (Phi) is 3.61. The number of sulfonamides is 1. The van der Waals surface area contributed by atoms with Crippen molar-refractivity contribution in [2.45, 2.75) is 17.7 Å². The third-order valence-electron chi connectivity index (χ3n) is 2.89. The Morgan fingerprint density at radius 2 is 1.89 bits per heavy atom. The molecule has 0 bridgehead atoms. The van der Waals surface area contributed by atoms with E-state index in [0.29, 0.717) is 13.1 Å². The van der Waals surface area contributed by atoms with Crippen molar-refractivity contribution in [3.05, 3.63) is 28.8 Å². The fourth-order valence-corrected chi connectivity index (χ4v) is 2.67. The highest BCUT2D eigenvalue weighted by Crippen LogP contribution is 2.23. The molecule has 0 aromatic heterocycles. The van der Waals surface area contributed by atoms with Crippen molar-refractivity contribution < 1.29 is 13.2 Å². The number of carbonyl (C=O) groups excluding carboxylic acids is 1. The van der Waals surface area contributed by atoms with Crippen LogP contribution in [0, 0.1) is 0 Å². The molecule has 2 N–H and O–H groups in total. The predicted octanol–water partition coefficient (Wildman–Crippen LogP) is 1.22. The molecule has 0 saturated carbocycles. The van der Waals surface area contributed by atoms with Gasteiger partial charge in [-0.15, -0.1) is 0 Å². The van der Waals surface area contributed by atoms with Crippen molar-refractivity contribution in [3.63, 3.8) is 0 Å². The SMILES string of the molecule is NS(=O)(=O)c1ccc(Cl)c(C(=O)N2CCCC2)c1. The molecule has 5 nitrogen and oxygen atoms in total. The number of benzene rings is 1. The summed E-state index contributed by atoms with van der Waals surface area (Å²) in [6, 6.07) is 3.90. The Hall–Kier alpha value is -1.11. The number of nitrogens with zero attached hydrogens (tertiary/aromatic N) is 1. The van der Waals surface area contributed by atoms with E-state index in [1.807, 2.05) is 0 Å². The Balaban J connectivity index is 2.40. The summed E-state index contributed by atoms with van der Waals surface area (Å²) >= 11 is 5.94. The van der Waals surface area contributed by atoms with E-state index in [1.54, 1.807) is 4.90 Å². The van der Waals surface area contributed by atoms with Crippen LogP contribution < -0.4 is 5.14 Å². The standard InChI is InChI=1S/C11H13ClN2O3S/c12-10-4-3-8(18(13,16)17)7-9(10)11(15)14-5-1-2-6-14/h3-4,7H,1-2,5-6H2,(H2,13,16,17). The fraction of sp³-hybridized carbons (Fsp3) is 0.364. The largest absolute Gasteiger partial charge is 0.339 e. The van der Waals surface area contributed by atoms with Gasteiger partial charge in [0.15, 0.2) is 0 Å². The van der Waals surface area contributed by atoms with Crippen LogP contribution in [0.5, 0.6) is 0 Å². The number of primary sulfonamides is 1. The van der Waals surface area contributed by atoms with Crippen LogP contribution in [0.2, 0.25) is 5.02 Å². The van der Waals surface area contributed by atoms with Crippen LogP contribution in [0.15, 0.2) is 23.1 Å². The van der Waals surface area contributed by atoms with Gasteiger partial charge in [-0.3, -0.25) is 4.79 Å². The van der Waals surface area contributed by atoms with Gasteiger partial charge in [0.05, 0.1) is 15.5 Å². The van der Waals surface area contributed by atoms with E-state index < -0.39 is 10.0 Å². The Labute approximate surface area is 111 Å². The van der Waals surface area contributed by atoms with Crippen molar-refractivity contribution in [2.75, 3.05) is 13.1 Å². The van der Waals surface area contributed by atoms with Gasteiger partial charge in [0, 0.05) is 13.1 Å². The first-order valence-electron chi connectivity index (χ1n) is 5.51. The van der Waals surface area contributed by atoms with Crippen molar-refractivity contribution in [2.24, 2.45) is 5.14 Å². The highest BCUT2D eigenvalue weighted by atomic mass is 35.5. The molecule has 1 amide bonds. The second-order valence-electron chi connectivity index (χ2n) is 4.19. The summed E-state index contributed by atoms with van der Waals surface area (Å²) in [5.74, 6) is -0.247. The zero-order chi connectivity index (χ0) is 13.3. The average molecular weight is 289 g/mol. The van der Waals surface area contributed by atoms with Gasteiger partial charge in [-0.1, -0.05) is 11.6 Å². The fourth-order valence-electron chi connectivity index (χ4n) is 1.94. The van der Waals surface area contributed by atoms with E-state index in [0.717, 1.165) is 12.8 Å². The van der Waals surface area contributed by atoms with Gasteiger partial charge in [-0.2, -0.15) is 0 Å². The van der Waals surface area contributed by atoms with Gasteiger partial charge in [0.2, 0.25) is 10.0 Å². The smallest absolute Gasteiger partial charge is 0.255 e. The quantitative estimate of drug-likeness (QED) is 0.888. The normalized spacial score (nSPS) is 16.0.